The fraction of sp³-hybridized carbons (Fsp3) is 0.467. The average Bonchev–Trinajstić information content (AvgIpc) is 2.87. The first-order valence-electron chi connectivity index (χ1n) is 7.20. The van der Waals surface area contributed by atoms with Gasteiger partial charge in [-0.05, 0) is 31.4 Å². The Bertz CT molecular complexity index is 640. The van der Waals surface area contributed by atoms with Crippen LogP contribution in [-0.2, 0) is 11.3 Å². The summed E-state index contributed by atoms with van der Waals surface area (Å²) in [5.74, 6) is -0.184. The third kappa shape index (κ3) is 2.91. The highest BCUT2D eigenvalue weighted by molar-refractivity contribution is 5.80. The van der Waals surface area contributed by atoms with Gasteiger partial charge in [0.05, 0.1) is 35.6 Å². The van der Waals surface area contributed by atoms with Gasteiger partial charge in [-0.3, -0.25) is 4.79 Å². The highest BCUT2D eigenvalue weighted by Crippen LogP contribution is 2.19. The number of hydrogen-bond acceptors (Lipinski definition) is 4. The van der Waals surface area contributed by atoms with Crippen molar-refractivity contribution in [1.29, 1.82) is 0 Å². The molecule has 6 nitrogen and oxygen atoms in total. The number of carbonyl (C=O) groups is 1. The van der Waals surface area contributed by atoms with Crippen LogP contribution in [-0.4, -0.2) is 43.9 Å². The van der Waals surface area contributed by atoms with Crippen molar-refractivity contribution in [2.24, 2.45) is 0 Å². The molecule has 1 aromatic carbocycles. The van der Waals surface area contributed by atoms with E-state index in [2.05, 4.69) is 10.3 Å². The molecule has 112 valence electrons. The van der Waals surface area contributed by atoms with Crippen molar-refractivity contribution in [2.45, 2.75) is 44.1 Å². The van der Waals surface area contributed by atoms with Crippen molar-refractivity contribution in [1.82, 2.24) is 14.9 Å². The molecule has 1 amide bonds. The van der Waals surface area contributed by atoms with Gasteiger partial charge < -0.3 is 20.1 Å². The number of amides is 1. The molecular weight excluding hydrogens is 270 g/mol. The molecular formula is C15H19N3O3. The van der Waals surface area contributed by atoms with Crippen LogP contribution >= 0.6 is 0 Å². The van der Waals surface area contributed by atoms with Crippen molar-refractivity contribution < 1.29 is 15.0 Å². The number of hydrogen-bond donors (Lipinski definition) is 3. The monoisotopic (exact) mass is 289 g/mol. The Morgan fingerprint density at radius 2 is 2.14 bits per heavy atom. The molecule has 0 radical (unpaired) electrons. The van der Waals surface area contributed by atoms with E-state index in [9.17, 15) is 15.0 Å². The third-order valence-corrected chi connectivity index (χ3v) is 4.01. The van der Waals surface area contributed by atoms with Gasteiger partial charge in [0.1, 0.15) is 6.54 Å². The van der Waals surface area contributed by atoms with E-state index in [0.717, 1.165) is 17.5 Å². The summed E-state index contributed by atoms with van der Waals surface area (Å²) in [6.45, 7) is 0.153. The van der Waals surface area contributed by atoms with E-state index in [1.807, 2.05) is 24.3 Å². The highest BCUT2D eigenvalue weighted by Gasteiger charge is 2.31. The molecule has 1 saturated carbocycles. The lowest BCUT2D eigenvalue weighted by Crippen LogP contribution is -2.51. The number of aliphatic hydroxyl groups is 2. The lowest BCUT2D eigenvalue weighted by Gasteiger charge is -2.32. The number of aromatic nitrogens is 2. The number of fused-ring (bicyclic) bond motifs is 1. The number of carbonyl (C=O) groups excluding carboxylic acids is 1. The van der Waals surface area contributed by atoms with Crippen LogP contribution in [0, 0.1) is 0 Å². The van der Waals surface area contributed by atoms with Crippen LogP contribution < -0.4 is 5.32 Å². The lowest BCUT2D eigenvalue weighted by atomic mass is 9.90. The average molecular weight is 289 g/mol. The first-order chi connectivity index (χ1) is 10.1. The molecule has 0 aliphatic heterocycles. The van der Waals surface area contributed by atoms with Gasteiger partial charge in [0.25, 0.3) is 0 Å². The predicted molar refractivity (Wildman–Crippen MR) is 77.5 cm³/mol. The Morgan fingerprint density at radius 3 is 3.00 bits per heavy atom. The standard InChI is InChI=1S/C15H19N3O3/c19-13-7-3-5-11(15(13)21)17-14(20)8-18-9-16-10-4-1-2-6-12(10)18/h1-2,4,6,9,11,13,15,19,21H,3,5,7-8H2,(H,17,20)/t11-,13-,15-/m1/s1. The summed E-state index contributed by atoms with van der Waals surface area (Å²) < 4.78 is 1.77. The highest BCUT2D eigenvalue weighted by atomic mass is 16.3. The molecule has 6 heteroatoms. The molecule has 0 saturated heterocycles. The maximum Gasteiger partial charge on any atom is 0.240 e. The molecule has 1 fully saturated rings. The Kier molecular flexibility index (Phi) is 3.90. The van der Waals surface area contributed by atoms with Crippen molar-refractivity contribution in [3.8, 4) is 0 Å². The zero-order valence-electron chi connectivity index (χ0n) is 11.6. The number of nitrogens with one attached hydrogen (secondary N) is 1. The maximum atomic E-state index is 12.1. The van der Waals surface area contributed by atoms with E-state index < -0.39 is 12.2 Å². The summed E-state index contributed by atoms with van der Waals surface area (Å²) >= 11 is 0. The normalized spacial score (nSPS) is 25.9. The van der Waals surface area contributed by atoms with E-state index in [1.54, 1.807) is 10.9 Å². The van der Waals surface area contributed by atoms with Gasteiger partial charge in [0.2, 0.25) is 5.91 Å². The smallest absolute Gasteiger partial charge is 0.240 e. The zero-order chi connectivity index (χ0) is 14.8. The van der Waals surface area contributed by atoms with Gasteiger partial charge in [0, 0.05) is 0 Å². The summed E-state index contributed by atoms with van der Waals surface area (Å²) in [6.07, 6.45) is 2.07. The second kappa shape index (κ2) is 5.83. The molecule has 0 bridgehead atoms. The Morgan fingerprint density at radius 1 is 1.33 bits per heavy atom. The lowest BCUT2D eigenvalue weighted by molar-refractivity contribution is -0.124. The van der Waals surface area contributed by atoms with Crippen LogP contribution in [0.15, 0.2) is 30.6 Å². The van der Waals surface area contributed by atoms with Crippen molar-refractivity contribution in [3.63, 3.8) is 0 Å². The molecule has 3 rings (SSSR count). The number of rotatable bonds is 3. The van der Waals surface area contributed by atoms with E-state index in [1.165, 1.54) is 0 Å². The van der Waals surface area contributed by atoms with Gasteiger partial charge in [-0.1, -0.05) is 12.1 Å². The number of para-hydroxylation sites is 2. The van der Waals surface area contributed by atoms with Gasteiger partial charge in [-0.2, -0.15) is 0 Å². The maximum absolute atomic E-state index is 12.1. The summed E-state index contributed by atoms with van der Waals surface area (Å²) in [7, 11) is 0. The zero-order valence-corrected chi connectivity index (χ0v) is 11.6. The van der Waals surface area contributed by atoms with Crippen molar-refractivity contribution in [2.75, 3.05) is 0 Å². The molecule has 3 atom stereocenters. The molecule has 1 aromatic heterocycles. The van der Waals surface area contributed by atoms with Crippen LogP contribution in [0.2, 0.25) is 0 Å². The predicted octanol–water partition coefficient (Wildman–Crippen LogP) is 0.427. The quantitative estimate of drug-likeness (QED) is 0.764. The molecule has 1 heterocycles. The van der Waals surface area contributed by atoms with Gasteiger partial charge >= 0.3 is 0 Å². The van der Waals surface area contributed by atoms with Crippen molar-refractivity contribution in [3.05, 3.63) is 30.6 Å². The van der Waals surface area contributed by atoms with Crippen LogP contribution in [0.4, 0.5) is 0 Å². The first kappa shape index (κ1) is 14.0. The van der Waals surface area contributed by atoms with Gasteiger partial charge in [-0.25, -0.2) is 4.98 Å². The minimum absolute atomic E-state index is 0.153. The van der Waals surface area contributed by atoms with Crippen molar-refractivity contribution >= 4 is 16.9 Å². The molecule has 3 N–H and O–H groups in total. The number of aliphatic hydroxyl groups excluding tert-OH is 2. The van der Waals surface area contributed by atoms with Crippen LogP contribution in [0.25, 0.3) is 11.0 Å². The minimum atomic E-state index is -0.887. The summed E-state index contributed by atoms with van der Waals surface area (Å²) in [4.78, 5) is 16.4. The van der Waals surface area contributed by atoms with Crippen LogP contribution in [0.1, 0.15) is 19.3 Å². The third-order valence-electron chi connectivity index (χ3n) is 4.01. The second-order valence-electron chi connectivity index (χ2n) is 5.52. The summed E-state index contributed by atoms with van der Waals surface area (Å²) in [6, 6.07) is 7.23. The van der Waals surface area contributed by atoms with E-state index in [4.69, 9.17) is 0 Å². The first-order valence-corrected chi connectivity index (χ1v) is 7.20. The Balaban J connectivity index is 1.66. The molecule has 2 aromatic rings. The van der Waals surface area contributed by atoms with Gasteiger partial charge in [-0.15, -0.1) is 0 Å². The fourth-order valence-corrected chi connectivity index (χ4v) is 2.86. The minimum Gasteiger partial charge on any atom is -0.390 e. The summed E-state index contributed by atoms with van der Waals surface area (Å²) in [5, 5.41) is 22.3. The summed E-state index contributed by atoms with van der Waals surface area (Å²) in [5.41, 5.74) is 1.75. The van der Waals surface area contributed by atoms with E-state index in [0.29, 0.717) is 12.8 Å². The molecule has 0 spiro atoms. The molecule has 1 aliphatic rings. The number of imidazole rings is 1. The molecule has 21 heavy (non-hydrogen) atoms. The van der Waals surface area contributed by atoms with Crippen LogP contribution in [0.3, 0.4) is 0 Å². The molecule has 1 aliphatic carbocycles. The fourth-order valence-electron chi connectivity index (χ4n) is 2.86. The van der Waals surface area contributed by atoms with Crippen LogP contribution in [0.5, 0.6) is 0 Å². The Hall–Kier alpha value is -1.92. The van der Waals surface area contributed by atoms with E-state index >= 15 is 0 Å². The Labute approximate surface area is 122 Å². The number of benzene rings is 1. The topological polar surface area (TPSA) is 87.4 Å². The SMILES string of the molecule is O=C(Cn1cnc2ccccc21)N[C@@H]1CCC[C@@H](O)[C@@H]1O. The number of nitrogens with zero attached hydrogens (tertiary/aromatic N) is 2. The molecule has 0 unspecified atom stereocenters. The van der Waals surface area contributed by atoms with Gasteiger partial charge in [0.15, 0.2) is 0 Å². The largest absolute Gasteiger partial charge is 0.390 e. The second-order valence-corrected chi connectivity index (χ2v) is 5.52. The van der Waals surface area contributed by atoms with E-state index in [-0.39, 0.29) is 18.5 Å².